The van der Waals surface area contributed by atoms with Crippen molar-refractivity contribution in [1.29, 1.82) is 0 Å². The van der Waals surface area contributed by atoms with Crippen LogP contribution >= 0.6 is 0 Å². The molecule has 1 fully saturated rings. The molecule has 1 aromatic heterocycles. The third-order valence-electron chi connectivity index (χ3n) is 3.43. The predicted octanol–water partition coefficient (Wildman–Crippen LogP) is 1.78. The summed E-state index contributed by atoms with van der Waals surface area (Å²) in [7, 11) is 0. The first-order valence-electron chi connectivity index (χ1n) is 6.17. The van der Waals surface area contributed by atoms with Crippen LogP contribution in [0.2, 0.25) is 0 Å². The van der Waals surface area contributed by atoms with Crippen molar-refractivity contribution in [1.82, 2.24) is 4.90 Å². The molecule has 1 aliphatic rings. The number of amides is 1. The number of carbonyl (C=O) groups is 2. The number of hydrogen-bond donors (Lipinski definition) is 1. The fourth-order valence-electron chi connectivity index (χ4n) is 2.38. The lowest BCUT2D eigenvalue weighted by Gasteiger charge is -2.22. The third-order valence-corrected chi connectivity index (χ3v) is 3.43. The Balaban J connectivity index is 2.20. The Morgan fingerprint density at radius 2 is 2.22 bits per heavy atom. The summed E-state index contributed by atoms with van der Waals surface area (Å²) in [5, 5.41) is 9.18. The van der Waals surface area contributed by atoms with Crippen LogP contribution in [0.4, 0.5) is 0 Å². The Hall–Kier alpha value is -1.78. The minimum absolute atomic E-state index is 0.0212. The summed E-state index contributed by atoms with van der Waals surface area (Å²) in [6.07, 6.45) is 1.43. The highest BCUT2D eigenvalue weighted by atomic mass is 16.4. The summed E-state index contributed by atoms with van der Waals surface area (Å²) < 4.78 is 5.39. The molecule has 5 nitrogen and oxygen atoms in total. The van der Waals surface area contributed by atoms with Crippen LogP contribution in [-0.2, 0) is 11.2 Å². The van der Waals surface area contributed by atoms with Gasteiger partial charge in [-0.25, -0.2) is 4.79 Å². The zero-order valence-electron chi connectivity index (χ0n) is 10.5. The number of furan rings is 1. The predicted molar refractivity (Wildman–Crippen MR) is 64.3 cm³/mol. The number of aliphatic carboxylic acids is 1. The van der Waals surface area contributed by atoms with Crippen molar-refractivity contribution in [2.75, 3.05) is 6.54 Å². The van der Waals surface area contributed by atoms with E-state index in [4.69, 9.17) is 4.42 Å². The average molecular weight is 251 g/mol. The molecule has 0 saturated carbocycles. The fourth-order valence-corrected chi connectivity index (χ4v) is 2.38. The quantitative estimate of drug-likeness (QED) is 0.888. The molecule has 2 atom stereocenters. The van der Waals surface area contributed by atoms with E-state index in [9.17, 15) is 14.7 Å². The summed E-state index contributed by atoms with van der Waals surface area (Å²) in [5.41, 5.74) is 0. The molecule has 0 spiro atoms. The molecule has 0 aliphatic carbocycles. The Labute approximate surface area is 105 Å². The first-order chi connectivity index (χ1) is 8.54. The van der Waals surface area contributed by atoms with Crippen molar-refractivity contribution < 1.29 is 19.1 Å². The fraction of sp³-hybridized carbons (Fsp3) is 0.538. The molecule has 0 radical (unpaired) electrons. The minimum Gasteiger partial charge on any atom is -0.480 e. The number of likely N-dealkylation sites (tertiary alicyclic amines) is 1. The van der Waals surface area contributed by atoms with E-state index in [1.807, 2.05) is 13.8 Å². The van der Waals surface area contributed by atoms with Gasteiger partial charge in [-0.1, -0.05) is 13.8 Å². The van der Waals surface area contributed by atoms with Gasteiger partial charge in [0.05, 0.1) is 0 Å². The number of carbonyl (C=O) groups excluding carboxylic acids is 1. The van der Waals surface area contributed by atoms with Gasteiger partial charge in [0.2, 0.25) is 0 Å². The van der Waals surface area contributed by atoms with Crippen LogP contribution in [0, 0.1) is 5.92 Å². The smallest absolute Gasteiger partial charge is 0.326 e. The van der Waals surface area contributed by atoms with Gasteiger partial charge >= 0.3 is 5.97 Å². The highest BCUT2D eigenvalue weighted by Gasteiger charge is 2.40. The van der Waals surface area contributed by atoms with Crippen LogP contribution < -0.4 is 0 Å². The zero-order chi connectivity index (χ0) is 13.3. The van der Waals surface area contributed by atoms with Gasteiger partial charge < -0.3 is 14.4 Å². The van der Waals surface area contributed by atoms with Crippen molar-refractivity contribution in [2.45, 2.75) is 32.7 Å². The van der Waals surface area contributed by atoms with E-state index in [0.29, 0.717) is 19.4 Å². The number of aryl methyl sites for hydroxylation is 1. The van der Waals surface area contributed by atoms with Crippen molar-refractivity contribution in [3.8, 4) is 0 Å². The average Bonchev–Trinajstić information content (AvgIpc) is 2.93. The normalized spacial score (nSPS) is 23.3. The van der Waals surface area contributed by atoms with Gasteiger partial charge in [-0.2, -0.15) is 0 Å². The van der Waals surface area contributed by atoms with Gasteiger partial charge in [-0.15, -0.1) is 0 Å². The molecule has 1 N–H and O–H groups in total. The second kappa shape index (κ2) is 4.84. The monoisotopic (exact) mass is 251 g/mol. The van der Waals surface area contributed by atoms with Gasteiger partial charge in [-0.3, -0.25) is 4.79 Å². The highest BCUT2D eigenvalue weighted by molar-refractivity contribution is 5.94. The first-order valence-corrected chi connectivity index (χ1v) is 6.17. The molecule has 1 aromatic rings. The Bertz CT molecular complexity index is 465. The minimum atomic E-state index is -0.948. The van der Waals surface area contributed by atoms with Gasteiger partial charge in [0, 0.05) is 13.0 Å². The van der Waals surface area contributed by atoms with E-state index in [-0.39, 0.29) is 17.6 Å². The van der Waals surface area contributed by atoms with Gasteiger partial charge in [0.15, 0.2) is 5.76 Å². The van der Waals surface area contributed by atoms with E-state index in [1.165, 1.54) is 4.90 Å². The second-order valence-corrected chi connectivity index (χ2v) is 4.67. The topological polar surface area (TPSA) is 70.8 Å². The van der Waals surface area contributed by atoms with Crippen molar-refractivity contribution >= 4 is 11.9 Å². The molecule has 18 heavy (non-hydrogen) atoms. The summed E-state index contributed by atoms with van der Waals surface area (Å²) in [5.74, 6) is -0.334. The van der Waals surface area contributed by atoms with E-state index in [0.717, 1.165) is 5.76 Å². The van der Waals surface area contributed by atoms with Crippen LogP contribution in [0.25, 0.3) is 0 Å². The maximum absolute atomic E-state index is 12.2. The Morgan fingerprint density at radius 1 is 1.50 bits per heavy atom. The maximum atomic E-state index is 12.2. The molecular formula is C13H17NO4. The summed E-state index contributed by atoms with van der Waals surface area (Å²) >= 11 is 0. The largest absolute Gasteiger partial charge is 0.480 e. The molecule has 0 aromatic carbocycles. The standard InChI is InChI=1S/C13H17NO4/c1-3-9-4-5-10(18-9)12(15)14-7-6-8(2)11(14)13(16)17/h4-5,8,11H,3,6-7H2,1-2H3,(H,16,17). The molecule has 0 bridgehead atoms. The van der Waals surface area contributed by atoms with Crippen LogP contribution in [0.1, 0.15) is 36.6 Å². The molecule has 5 heteroatoms. The number of nitrogens with zero attached hydrogens (tertiary/aromatic N) is 1. The first kappa shape index (κ1) is 12.7. The van der Waals surface area contributed by atoms with Crippen LogP contribution in [-0.4, -0.2) is 34.5 Å². The lowest BCUT2D eigenvalue weighted by molar-refractivity contribution is -0.142. The number of rotatable bonds is 3. The van der Waals surface area contributed by atoms with E-state index in [1.54, 1.807) is 12.1 Å². The van der Waals surface area contributed by atoms with Crippen molar-refractivity contribution in [3.05, 3.63) is 23.7 Å². The molecule has 1 aliphatic heterocycles. The van der Waals surface area contributed by atoms with Crippen molar-refractivity contribution in [3.63, 3.8) is 0 Å². The van der Waals surface area contributed by atoms with Gasteiger partial charge in [-0.05, 0) is 24.5 Å². The Morgan fingerprint density at radius 3 is 2.78 bits per heavy atom. The molecule has 2 unspecified atom stereocenters. The molecule has 2 heterocycles. The highest BCUT2D eigenvalue weighted by Crippen LogP contribution is 2.26. The molecule has 1 saturated heterocycles. The second-order valence-electron chi connectivity index (χ2n) is 4.67. The number of carboxylic acids is 1. The maximum Gasteiger partial charge on any atom is 0.326 e. The van der Waals surface area contributed by atoms with Crippen LogP contribution in [0.3, 0.4) is 0 Å². The van der Waals surface area contributed by atoms with E-state index in [2.05, 4.69) is 0 Å². The SMILES string of the molecule is CCc1ccc(C(=O)N2CCC(C)C2C(=O)O)o1. The van der Waals surface area contributed by atoms with Gasteiger partial charge in [0.25, 0.3) is 5.91 Å². The lowest BCUT2D eigenvalue weighted by atomic mass is 10.0. The van der Waals surface area contributed by atoms with E-state index >= 15 is 0 Å². The van der Waals surface area contributed by atoms with Crippen molar-refractivity contribution in [2.24, 2.45) is 5.92 Å². The summed E-state index contributed by atoms with van der Waals surface area (Å²) in [6, 6.07) is 2.62. The zero-order valence-corrected chi connectivity index (χ0v) is 10.5. The van der Waals surface area contributed by atoms with Crippen LogP contribution in [0.5, 0.6) is 0 Å². The summed E-state index contributed by atoms with van der Waals surface area (Å²) in [4.78, 5) is 24.8. The molecule has 98 valence electrons. The van der Waals surface area contributed by atoms with E-state index < -0.39 is 12.0 Å². The van der Waals surface area contributed by atoms with Crippen LogP contribution in [0.15, 0.2) is 16.5 Å². The number of carboxylic acid groups (broad SMARTS) is 1. The Kier molecular flexibility index (Phi) is 3.41. The third kappa shape index (κ3) is 2.12. The lowest BCUT2D eigenvalue weighted by Crippen LogP contribution is -2.42. The molecular weight excluding hydrogens is 234 g/mol. The molecule has 2 rings (SSSR count). The molecule has 1 amide bonds. The number of hydrogen-bond acceptors (Lipinski definition) is 3. The van der Waals surface area contributed by atoms with Gasteiger partial charge in [0.1, 0.15) is 11.8 Å². The summed E-state index contributed by atoms with van der Waals surface area (Å²) in [6.45, 7) is 4.26.